The van der Waals surface area contributed by atoms with Gasteiger partial charge in [-0.05, 0) is 124 Å². The van der Waals surface area contributed by atoms with Gasteiger partial charge in [0.1, 0.15) is 0 Å². The zero-order valence-corrected chi connectivity index (χ0v) is 24.7. The van der Waals surface area contributed by atoms with Crippen LogP contribution in [-0.2, 0) is 0 Å². The summed E-state index contributed by atoms with van der Waals surface area (Å²) in [7, 11) is 0. The summed E-state index contributed by atoms with van der Waals surface area (Å²) in [6.07, 6.45) is 16.0. The minimum Gasteiger partial charge on any atom is -0.0648 e. The first-order valence-electron chi connectivity index (χ1n) is 17.0. The zero-order chi connectivity index (χ0) is 25.3. The highest BCUT2D eigenvalue weighted by Crippen LogP contribution is 2.73. The Kier molecular flexibility index (Phi) is 5.30. The fourth-order valence-electron chi connectivity index (χ4n) is 13.1. The molecule has 8 aliphatic rings. The maximum atomic E-state index is 2.67. The van der Waals surface area contributed by atoms with E-state index in [1.165, 1.54) is 70.6 Å². The summed E-state index contributed by atoms with van der Waals surface area (Å²) in [5.41, 5.74) is 16.4. The van der Waals surface area contributed by atoms with Crippen molar-refractivity contribution in [3.63, 3.8) is 0 Å². The highest BCUT2D eigenvalue weighted by atomic mass is 14.7. The summed E-state index contributed by atoms with van der Waals surface area (Å²) in [6.45, 7) is 15.5. The normalized spacial score (nSPS) is 49.5. The molecule has 0 radical (unpaired) electrons. The van der Waals surface area contributed by atoms with E-state index in [1.807, 2.05) is 22.3 Å². The topological polar surface area (TPSA) is 0 Å². The van der Waals surface area contributed by atoms with Crippen molar-refractivity contribution in [2.24, 2.45) is 71.0 Å². The Hall–Kier alpha value is -1.04. The average molecular weight is 497 g/mol. The Bertz CT molecular complexity index is 1070. The third-order valence-electron chi connectivity index (χ3n) is 14.1. The van der Waals surface area contributed by atoms with Crippen LogP contribution in [0.4, 0.5) is 0 Å². The second kappa shape index (κ2) is 8.24. The molecule has 8 unspecified atom stereocenters. The van der Waals surface area contributed by atoms with E-state index in [9.17, 15) is 0 Å². The SMILES string of the molecule is CCC1CCC2C3=C1C(CC)C1=C4C(CCC1CC)C1CCC(C)C5=C1C(C1=C(C(C)CCC12)C5C)C34. The van der Waals surface area contributed by atoms with E-state index in [-0.39, 0.29) is 0 Å². The van der Waals surface area contributed by atoms with Crippen LogP contribution in [0.15, 0.2) is 44.6 Å². The van der Waals surface area contributed by atoms with E-state index < -0.39 is 0 Å². The summed E-state index contributed by atoms with van der Waals surface area (Å²) < 4.78 is 0. The third kappa shape index (κ3) is 2.78. The van der Waals surface area contributed by atoms with Crippen molar-refractivity contribution in [2.45, 2.75) is 112 Å². The molecule has 8 rings (SSSR count). The first kappa shape index (κ1) is 23.8. The Labute approximate surface area is 227 Å². The molecule has 0 amide bonds. The standard InChI is InChI=1S/C37H52/c1-7-21-12-16-26-24-14-10-18(4)28-20(6)29-19(5)11-15-25-27-17-13-22(8-2)31-23(9-3)30(21)34(26)37(35(27)31)36(32(24)28)33(25)29/h18-27,36-37H,7-17H2,1-6H3. The predicted molar refractivity (Wildman–Crippen MR) is 155 cm³/mol. The molecule has 0 N–H and O–H groups in total. The summed E-state index contributed by atoms with van der Waals surface area (Å²) in [6, 6.07) is 0. The molecule has 37 heavy (non-hydrogen) atoms. The number of fused-ring (bicyclic) bond motifs is 2. The van der Waals surface area contributed by atoms with Gasteiger partial charge < -0.3 is 0 Å². The maximum absolute atomic E-state index is 2.67. The number of hydrogen-bond acceptors (Lipinski definition) is 0. The average Bonchev–Trinajstić information content (AvgIpc) is 2.92. The van der Waals surface area contributed by atoms with Gasteiger partial charge in [0.2, 0.25) is 0 Å². The van der Waals surface area contributed by atoms with E-state index in [4.69, 9.17) is 0 Å². The number of hydrogen-bond donors (Lipinski definition) is 0. The largest absolute Gasteiger partial charge is 0.0648 e. The number of allylic oxidation sites excluding steroid dienone is 8. The number of rotatable bonds is 3. The Morgan fingerprint density at radius 1 is 0.432 bits per heavy atom. The van der Waals surface area contributed by atoms with Gasteiger partial charge >= 0.3 is 0 Å². The molecule has 2 fully saturated rings. The monoisotopic (exact) mass is 496 g/mol. The van der Waals surface area contributed by atoms with Crippen molar-refractivity contribution < 1.29 is 0 Å². The highest BCUT2D eigenvalue weighted by Gasteiger charge is 2.62. The Morgan fingerprint density at radius 2 is 0.811 bits per heavy atom. The van der Waals surface area contributed by atoms with Crippen molar-refractivity contribution in [1.82, 2.24) is 0 Å². The van der Waals surface area contributed by atoms with Crippen molar-refractivity contribution in [2.75, 3.05) is 0 Å². The maximum Gasteiger partial charge on any atom is 0.0122 e. The van der Waals surface area contributed by atoms with Gasteiger partial charge in [-0.2, -0.15) is 0 Å². The van der Waals surface area contributed by atoms with Gasteiger partial charge in [0.15, 0.2) is 0 Å². The molecule has 0 saturated heterocycles. The van der Waals surface area contributed by atoms with E-state index in [1.54, 1.807) is 0 Å². The smallest absolute Gasteiger partial charge is 0.0122 e. The molecular weight excluding hydrogens is 444 g/mol. The minimum absolute atomic E-state index is 0.734. The van der Waals surface area contributed by atoms with E-state index >= 15 is 0 Å². The van der Waals surface area contributed by atoms with Crippen LogP contribution in [0.25, 0.3) is 0 Å². The van der Waals surface area contributed by atoms with Gasteiger partial charge in [-0.1, -0.05) is 86.1 Å². The summed E-state index contributed by atoms with van der Waals surface area (Å²) >= 11 is 0. The fourth-order valence-corrected chi connectivity index (χ4v) is 13.1. The Balaban J connectivity index is 1.48. The van der Waals surface area contributed by atoms with Crippen LogP contribution in [-0.4, -0.2) is 0 Å². The van der Waals surface area contributed by atoms with Crippen LogP contribution in [0.3, 0.4) is 0 Å². The van der Waals surface area contributed by atoms with Crippen LogP contribution >= 0.6 is 0 Å². The Morgan fingerprint density at radius 3 is 1.19 bits per heavy atom. The van der Waals surface area contributed by atoms with Crippen LogP contribution in [0, 0.1) is 71.0 Å². The van der Waals surface area contributed by atoms with Crippen molar-refractivity contribution >= 4 is 0 Å². The first-order valence-corrected chi connectivity index (χ1v) is 17.0. The van der Waals surface area contributed by atoms with Crippen molar-refractivity contribution in [1.29, 1.82) is 0 Å². The van der Waals surface area contributed by atoms with Gasteiger partial charge in [-0.25, -0.2) is 0 Å². The van der Waals surface area contributed by atoms with Gasteiger partial charge in [0.25, 0.3) is 0 Å². The lowest BCUT2D eigenvalue weighted by molar-refractivity contribution is 0.125. The second-order valence-electron chi connectivity index (χ2n) is 15.0. The molecule has 0 heteroatoms. The van der Waals surface area contributed by atoms with Crippen molar-refractivity contribution in [3.05, 3.63) is 44.6 Å². The summed E-state index contributed by atoms with van der Waals surface area (Å²) in [4.78, 5) is 0. The van der Waals surface area contributed by atoms with Gasteiger partial charge in [-0.15, -0.1) is 0 Å². The van der Waals surface area contributed by atoms with E-state index in [0.717, 1.165) is 71.0 Å². The van der Waals surface area contributed by atoms with E-state index in [2.05, 4.69) is 63.8 Å². The molecule has 0 aromatic carbocycles. The molecule has 0 nitrogen and oxygen atoms in total. The van der Waals surface area contributed by atoms with Gasteiger partial charge in [-0.3, -0.25) is 0 Å². The van der Waals surface area contributed by atoms with Gasteiger partial charge in [0.05, 0.1) is 0 Å². The van der Waals surface area contributed by atoms with Crippen LogP contribution < -0.4 is 0 Å². The summed E-state index contributed by atoms with van der Waals surface area (Å²) in [5.74, 6) is 10.00. The molecule has 0 aromatic heterocycles. The molecule has 8 aliphatic carbocycles. The lowest BCUT2D eigenvalue weighted by Crippen LogP contribution is -2.55. The van der Waals surface area contributed by atoms with E-state index in [0.29, 0.717) is 0 Å². The van der Waals surface area contributed by atoms with Gasteiger partial charge in [0, 0.05) is 17.8 Å². The fraction of sp³-hybridized carbons (Fsp3) is 0.784. The molecule has 0 aromatic rings. The lowest BCUT2D eigenvalue weighted by atomic mass is 9.39. The highest BCUT2D eigenvalue weighted by molar-refractivity contribution is 5.60. The quantitative estimate of drug-likeness (QED) is 0.341. The molecule has 0 aliphatic heterocycles. The molecule has 8 atom stereocenters. The first-order chi connectivity index (χ1) is 18.0. The summed E-state index contributed by atoms with van der Waals surface area (Å²) in [5, 5.41) is 0. The molecule has 2 saturated carbocycles. The minimum atomic E-state index is 0.734. The lowest BCUT2D eigenvalue weighted by Gasteiger charge is -2.66. The zero-order valence-electron chi connectivity index (χ0n) is 24.7. The molecule has 0 heterocycles. The molecular formula is C37H52. The molecule has 200 valence electrons. The van der Waals surface area contributed by atoms with Crippen LogP contribution in [0.1, 0.15) is 112 Å². The molecule has 0 bridgehead atoms. The van der Waals surface area contributed by atoms with Crippen molar-refractivity contribution in [3.8, 4) is 0 Å². The van der Waals surface area contributed by atoms with Crippen LogP contribution in [0.5, 0.6) is 0 Å². The second-order valence-corrected chi connectivity index (χ2v) is 15.0. The van der Waals surface area contributed by atoms with Crippen LogP contribution in [0.2, 0.25) is 0 Å². The predicted octanol–water partition coefficient (Wildman–Crippen LogP) is 10.1. The molecule has 0 spiro atoms. The third-order valence-corrected chi connectivity index (χ3v) is 14.1.